The highest BCUT2D eigenvalue weighted by Gasteiger charge is 2.05. The Bertz CT molecular complexity index is 782. The van der Waals surface area contributed by atoms with Crippen molar-refractivity contribution in [2.75, 3.05) is 0 Å². The molecule has 0 saturated heterocycles. The molecule has 0 bridgehead atoms. The van der Waals surface area contributed by atoms with E-state index in [1.807, 2.05) is 30.3 Å². The van der Waals surface area contributed by atoms with Gasteiger partial charge < -0.3 is 4.74 Å². The third-order valence-corrected chi connectivity index (χ3v) is 3.53. The molecule has 0 aliphatic rings. The molecule has 0 heterocycles. The summed E-state index contributed by atoms with van der Waals surface area (Å²) in [7, 11) is 0. The number of hydrogen-bond donors (Lipinski definition) is 1. The van der Waals surface area contributed by atoms with Gasteiger partial charge in [0.15, 0.2) is 0 Å². The fourth-order valence-corrected chi connectivity index (χ4v) is 2.33. The second-order valence-electron chi connectivity index (χ2n) is 4.67. The standard InChI is InChI=1S/C17H14BrN3O2/c1-12(22)21-20-10-13-6-7-17(16(18)8-13)23-11-15-5-3-2-4-14(15)9-19/h2-8,10H,11H2,1H3,(H,21,22). The first-order valence-electron chi connectivity index (χ1n) is 6.80. The number of rotatable bonds is 5. The van der Waals surface area contributed by atoms with Crippen LogP contribution in [-0.4, -0.2) is 12.1 Å². The van der Waals surface area contributed by atoms with Crippen LogP contribution in [0.3, 0.4) is 0 Å². The van der Waals surface area contributed by atoms with Crippen LogP contribution < -0.4 is 10.2 Å². The van der Waals surface area contributed by atoms with Gasteiger partial charge in [0.05, 0.1) is 22.3 Å². The highest BCUT2D eigenvalue weighted by Crippen LogP contribution is 2.26. The van der Waals surface area contributed by atoms with Crippen molar-refractivity contribution in [1.82, 2.24) is 5.43 Å². The lowest BCUT2D eigenvalue weighted by Gasteiger charge is -2.09. The smallest absolute Gasteiger partial charge is 0.236 e. The summed E-state index contributed by atoms with van der Waals surface area (Å²) in [5.74, 6) is 0.436. The Morgan fingerprint density at radius 2 is 2.17 bits per heavy atom. The van der Waals surface area contributed by atoms with Gasteiger partial charge in [-0.1, -0.05) is 18.2 Å². The fraction of sp³-hybridized carbons (Fsp3) is 0.118. The fourth-order valence-electron chi connectivity index (χ4n) is 1.82. The van der Waals surface area contributed by atoms with Crippen molar-refractivity contribution >= 4 is 28.1 Å². The third-order valence-electron chi connectivity index (χ3n) is 2.91. The Morgan fingerprint density at radius 1 is 1.39 bits per heavy atom. The van der Waals surface area contributed by atoms with Gasteiger partial charge in [-0.05, 0) is 45.8 Å². The number of carbonyl (C=O) groups is 1. The van der Waals surface area contributed by atoms with Crippen molar-refractivity contribution in [3.63, 3.8) is 0 Å². The summed E-state index contributed by atoms with van der Waals surface area (Å²) in [4.78, 5) is 10.8. The van der Waals surface area contributed by atoms with Gasteiger partial charge in [-0.15, -0.1) is 0 Å². The average Bonchev–Trinajstić information content (AvgIpc) is 2.54. The van der Waals surface area contributed by atoms with E-state index in [9.17, 15) is 4.79 Å². The first-order valence-corrected chi connectivity index (χ1v) is 7.59. The normalized spacial score (nSPS) is 10.3. The Balaban J connectivity index is 2.05. The van der Waals surface area contributed by atoms with E-state index in [2.05, 4.69) is 32.5 Å². The Morgan fingerprint density at radius 3 is 2.87 bits per heavy atom. The molecule has 0 fully saturated rings. The van der Waals surface area contributed by atoms with Gasteiger partial charge in [-0.2, -0.15) is 10.4 Å². The molecular formula is C17H14BrN3O2. The number of carbonyl (C=O) groups excluding carboxylic acids is 1. The molecule has 0 atom stereocenters. The van der Waals surface area contributed by atoms with Gasteiger partial charge in [-0.3, -0.25) is 4.79 Å². The molecule has 0 aliphatic carbocycles. The Labute approximate surface area is 142 Å². The second-order valence-corrected chi connectivity index (χ2v) is 5.53. The molecule has 23 heavy (non-hydrogen) atoms. The van der Waals surface area contributed by atoms with Crippen LogP contribution in [0.25, 0.3) is 0 Å². The zero-order valence-electron chi connectivity index (χ0n) is 12.4. The van der Waals surface area contributed by atoms with E-state index in [1.54, 1.807) is 18.3 Å². The van der Waals surface area contributed by atoms with Crippen LogP contribution in [0.4, 0.5) is 0 Å². The number of nitriles is 1. The van der Waals surface area contributed by atoms with Crippen molar-refractivity contribution in [2.24, 2.45) is 5.10 Å². The van der Waals surface area contributed by atoms with Crippen molar-refractivity contribution < 1.29 is 9.53 Å². The summed E-state index contributed by atoms with van der Waals surface area (Å²) in [6, 6.07) is 14.9. The number of hydrogen-bond acceptors (Lipinski definition) is 4. The van der Waals surface area contributed by atoms with Gasteiger partial charge in [0.2, 0.25) is 5.91 Å². The quantitative estimate of drug-likeness (QED) is 0.646. The molecule has 2 aromatic rings. The SMILES string of the molecule is CC(=O)NN=Cc1ccc(OCc2ccccc2C#N)c(Br)c1. The minimum absolute atomic E-state index is 0.226. The molecule has 5 nitrogen and oxygen atoms in total. The van der Waals surface area contributed by atoms with E-state index in [0.717, 1.165) is 15.6 Å². The molecule has 1 N–H and O–H groups in total. The highest BCUT2D eigenvalue weighted by atomic mass is 79.9. The summed E-state index contributed by atoms with van der Waals surface area (Å²) in [5.41, 5.74) is 4.59. The number of amides is 1. The lowest BCUT2D eigenvalue weighted by atomic mass is 10.1. The minimum atomic E-state index is -0.226. The van der Waals surface area contributed by atoms with E-state index in [4.69, 9.17) is 10.00 Å². The number of ether oxygens (including phenoxy) is 1. The van der Waals surface area contributed by atoms with Crippen LogP contribution in [0, 0.1) is 11.3 Å². The molecule has 6 heteroatoms. The molecule has 0 spiro atoms. The predicted molar refractivity (Wildman–Crippen MR) is 91.0 cm³/mol. The number of nitrogens with zero attached hydrogens (tertiary/aromatic N) is 2. The van der Waals surface area contributed by atoms with Gasteiger partial charge in [0.25, 0.3) is 0 Å². The summed E-state index contributed by atoms with van der Waals surface area (Å²) in [6.45, 7) is 1.70. The molecule has 0 saturated carbocycles. The van der Waals surface area contributed by atoms with Gasteiger partial charge in [-0.25, -0.2) is 5.43 Å². The maximum absolute atomic E-state index is 10.8. The number of benzene rings is 2. The highest BCUT2D eigenvalue weighted by molar-refractivity contribution is 9.10. The topological polar surface area (TPSA) is 74.5 Å². The Hall–Kier alpha value is -2.65. The summed E-state index contributed by atoms with van der Waals surface area (Å²) < 4.78 is 6.51. The van der Waals surface area contributed by atoms with Crippen molar-refractivity contribution in [1.29, 1.82) is 5.26 Å². The summed E-state index contributed by atoms with van der Waals surface area (Å²) in [6.07, 6.45) is 1.54. The largest absolute Gasteiger partial charge is 0.488 e. The molecule has 0 aliphatic heterocycles. The number of halogens is 1. The zero-order valence-corrected chi connectivity index (χ0v) is 14.0. The first-order chi connectivity index (χ1) is 11.1. The van der Waals surface area contributed by atoms with Gasteiger partial charge >= 0.3 is 0 Å². The lowest BCUT2D eigenvalue weighted by molar-refractivity contribution is -0.118. The van der Waals surface area contributed by atoms with E-state index >= 15 is 0 Å². The van der Waals surface area contributed by atoms with Crippen LogP contribution >= 0.6 is 15.9 Å². The molecule has 116 valence electrons. The monoisotopic (exact) mass is 371 g/mol. The molecule has 1 amide bonds. The van der Waals surface area contributed by atoms with Crippen molar-refractivity contribution in [3.05, 3.63) is 63.6 Å². The molecular weight excluding hydrogens is 358 g/mol. The maximum atomic E-state index is 10.8. The van der Waals surface area contributed by atoms with E-state index < -0.39 is 0 Å². The van der Waals surface area contributed by atoms with Crippen LogP contribution in [0.5, 0.6) is 5.75 Å². The first kappa shape index (κ1) is 16.7. The summed E-state index contributed by atoms with van der Waals surface area (Å²) >= 11 is 3.44. The van der Waals surface area contributed by atoms with E-state index in [-0.39, 0.29) is 5.91 Å². The molecule has 2 aromatic carbocycles. The Kier molecular flexibility index (Phi) is 5.89. The molecule has 2 rings (SSSR count). The average molecular weight is 372 g/mol. The van der Waals surface area contributed by atoms with Crippen molar-refractivity contribution in [3.8, 4) is 11.8 Å². The van der Waals surface area contributed by atoms with Crippen LogP contribution in [0.1, 0.15) is 23.6 Å². The molecule has 0 unspecified atom stereocenters. The molecule has 0 aromatic heterocycles. The van der Waals surface area contributed by atoms with Crippen molar-refractivity contribution in [2.45, 2.75) is 13.5 Å². The van der Waals surface area contributed by atoms with E-state index in [0.29, 0.717) is 17.9 Å². The number of nitrogens with one attached hydrogen (secondary N) is 1. The minimum Gasteiger partial charge on any atom is -0.488 e. The molecule has 0 radical (unpaired) electrons. The maximum Gasteiger partial charge on any atom is 0.236 e. The van der Waals surface area contributed by atoms with E-state index in [1.165, 1.54) is 6.92 Å². The summed E-state index contributed by atoms with van der Waals surface area (Å²) in [5, 5.41) is 12.9. The van der Waals surface area contributed by atoms with Crippen LogP contribution in [-0.2, 0) is 11.4 Å². The van der Waals surface area contributed by atoms with Gasteiger partial charge in [0.1, 0.15) is 12.4 Å². The third kappa shape index (κ3) is 4.94. The number of hydrazone groups is 1. The van der Waals surface area contributed by atoms with Crippen LogP contribution in [0.2, 0.25) is 0 Å². The second kappa shape index (κ2) is 8.11. The lowest BCUT2D eigenvalue weighted by Crippen LogP contribution is -2.12. The van der Waals surface area contributed by atoms with Crippen LogP contribution in [0.15, 0.2) is 52.0 Å². The predicted octanol–water partition coefficient (Wildman–Crippen LogP) is 3.37. The van der Waals surface area contributed by atoms with Gasteiger partial charge in [0, 0.05) is 12.5 Å². The zero-order chi connectivity index (χ0) is 16.7.